The summed E-state index contributed by atoms with van der Waals surface area (Å²) in [6, 6.07) is 11.0. The van der Waals surface area contributed by atoms with Crippen LogP contribution < -0.4 is 4.74 Å². The maximum Gasteiger partial charge on any atom is 0.269 e. The zero-order chi connectivity index (χ0) is 18.0. The number of rotatable bonds is 4. The highest BCUT2D eigenvalue weighted by molar-refractivity contribution is 6.50. The number of methoxy groups -OCH3 is 1. The van der Waals surface area contributed by atoms with Crippen LogP contribution in [0.15, 0.2) is 40.9 Å². The lowest BCUT2D eigenvalue weighted by atomic mass is 10.1. The fraction of sp³-hybridized carbons (Fsp3) is 0.158. The molecule has 0 spiro atoms. The van der Waals surface area contributed by atoms with Gasteiger partial charge in [0.15, 0.2) is 0 Å². The van der Waals surface area contributed by atoms with E-state index in [2.05, 4.69) is 10.1 Å². The van der Waals surface area contributed by atoms with Crippen molar-refractivity contribution in [1.82, 2.24) is 10.1 Å². The monoisotopic (exact) mass is 356 g/mol. The molecule has 1 aromatic heterocycles. The molecule has 0 radical (unpaired) electrons. The Morgan fingerprint density at radius 1 is 1.16 bits per heavy atom. The highest BCUT2D eigenvalue weighted by Gasteiger charge is 2.12. The third kappa shape index (κ3) is 3.67. The molecule has 5 nitrogen and oxygen atoms in total. The van der Waals surface area contributed by atoms with Gasteiger partial charge in [-0.2, -0.15) is 4.98 Å². The molecule has 1 N–H and O–H groups in total. The number of phenols is 1. The fourth-order valence-electron chi connectivity index (χ4n) is 2.46. The van der Waals surface area contributed by atoms with Crippen LogP contribution in [-0.4, -0.2) is 22.4 Å². The van der Waals surface area contributed by atoms with E-state index in [0.717, 1.165) is 28.0 Å². The predicted molar refractivity (Wildman–Crippen MR) is 97.6 cm³/mol. The predicted octanol–water partition coefficient (Wildman–Crippen LogP) is 4.80. The van der Waals surface area contributed by atoms with Crippen LogP contribution in [0.4, 0.5) is 0 Å². The molecular formula is C19H17ClN2O3. The van der Waals surface area contributed by atoms with Crippen molar-refractivity contribution in [2.75, 3.05) is 7.11 Å². The van der Waals surface area contributed by atoms with E-state index in [1.807, 2.05) is 50.2 Å². The van der Waals surface area contributed by atoms with E-state index in [4.69, 9.17) is 20.9 Å². The number of phenolic OH excluding ortho intramolecular Hbond substituents is 1. The average Bonchev–Trinajstić information content (AvgIpc) is 3.10. The third-order valence-corrected chi connectivity index (χ3v) is 4.06. The second-order valence-corrected chi connectivity index (χ2v) is 6.05. The van der Waals surface area contributed by atoms with Crippen LogP contribution in [0.3, 0.4) is 0 Å². The Hall–Kier alpha value is -2.79. The maximum absolute atomic E-state index is 9.85. The summed E-state index contributed by atoms with van der Waals surface area (Å²) in [4.78, 5) is 4.33. The van der Waals surface area contributed by atoms with Gasteiger partial charge in [0.2, 0.25) is 5.82 Å². The highest BCUT2D eigenvalue weighted by atomic mass is 35.5. The molecule has 3 rings (SSSR count). The third-order valence-electron chi connectivity index (χ3n) is 3.79. The molecular weight excluding hydrogens is 340 g/mol. The summed E-state index contributed by atoms with van der Waals surface area (Å²) in [5.74, 6) is 1.72. The number of nitrogens with zero attached hydrogens (tertiary/aromatic N) is 2. The molecule has 0 aliphatic heterocycles. The van der Waals surface area contributed by atoms with Crippen molar-refractivity contribution in [3.05, 3.63) is 59.0 Å². The number of hydrogen-bond donors (Lipinski definition) is 1. The fourth-order valence-corrected chi connectivity index (χ4v) is 2.66. The normalized spacial score (nSPS) is 11.6. The van der Waals surface area contributed by atoms with E-state index in [0.29, 0.717) is 10.9 Å². The van der Waals surface area contributed by atoms with Crippen molar-refractivity contribution in [2.24, 2.45) is 0 Å². The van der Waals surface area contributed by atoms with Crippen LogP contribution in [0, 0.1) is 13.8 Å². The molecule has 2 aromatic carbocycles. The Morgan fingerprint density at radius 3 is 2.40 bits per heavy atom. The van der Waals surface area contributed by atoms with Gasteiger partial charge in [-0.1, -0.05) is 16.8 Å². The van der Waals surface area contributed by atoms with Crippen molar-refractivity contribution < 1.29 is 14.4 Å². The number of ether oxygens (including phenoxy) is 1. The minimum atomic E-state index is 0.232. The Balaban J connectivity index is 1.88. The van der Waals surface area contributed by atoms with Crippen molar-refractivity contribution in [3.8, 4) is 22.9 Å². The van der Waals surface area contributed by atoms with Gasteiger partial charge in [-0.15, -0.1) is 0 Å². The number of benzene rings is 2. The van der Waals surface area contributed by atoms with Gasteiger partial charge in [0.05, 0.1) is 7.11 Å². The zero-order valence-corrected chi connectivity index (χ0v) is 14.8. The molecule has 0 aliphatic rings. The maximum atomic E-state index is 9.85. The molecule has 1 heterocycles. The second-order valence-electron chi connectivity index (χ2n) is 5.65. The van der Waals surface area contributed by atoms with Gasteiger partial charge in [-0.05, 0) is 73.0 Å². The van der Waals surface area contributed by atoms with E-state index in [1.54, 1.807) is 13.2 Å². The van der Waals surface area contributed by atoms with E-state index in [-0.39, 0.29) is 11.6 Å². The number of aryl methyl sites for hydroxylation is 2. The van der Waals surface area contributed by atoms with Crippen molar-refractivity contribution in [1.29, 1.82) is 0 Å². The van der Waals surface area contributed by atoms with Gasteiger partial charge in [-0.25, -0.2) is 0 Å². The molecule has 0 bridgehead atoms. The summed E-state index contributed by atoms with van der Waals surface area (Å²) in [5.41, 5.74) is 3.21. The lowest BCUT2D eigenvalue weighted by molar-refractivity contribution is 0.410. The van der Waals surface area contributed by atoms with Gasteiger partial charge in [0, 0.05) is 5.56 Å². The van der Waals surface area contributed by atoms with Crippen LogP contribution in [0.2, 0.25) is 0 Å². The molecule has 25 heavy (non-hydrogen) atoms. The van der Waals surface area contributed by atoms with Crippen LogP contribution in [0.5, 0.6) is 11.5 Å². The number of halogens is 1. The molecule has 0 fully saturated rings. The Labute approximate surface area is 150 Å². The molecule has 0 amide bonds. The van der Waals surface area contributed by atoms with E-state index in [1.165, 1.54) is 0 Å². The summed E-state index contributed by atoms with van der Waals surface area (Å²) in [6.45, 7) is 3.67. The molecule has 0 saturated heterocycles. The van der Waals surface area contributed by atoms with Gasteiger partial charge < -0.3 is 14.4 Å². The molecule has 0 atom stereocenters. The molecule has 3 aromatic rings. The quantitative estimate of drug-likeness (QED) is 0.726. The molecule has 0 saturated carbocycles. The van der Waals surface area contributed by atoms with Gasteiger partial charge in [0.1, 0.15) is 16.5 Å². The first kappa shape index (κ1) is 17.0. The Bertz CT molecular complexity index is 907. The lowest BCUT2D eigenvalue weighted by Gasteiger charge is -2.04. The first-order valence-electron chi connectivity index (χ1n) is 7.64. The minimum Gasteiger partial charge on any atom is -0.507 e. The van der Waals surface area contributed by atoms with Crippen LogP contribution in [0.25, 0.3) is 22.5 Å². The Morgan fingerprint density at radius 2 is 1.80 bits per heavy atom. The second kappa shape index (κ2) is 6.99. The van der Waals surface area contributed by atoms with Gasteiger partial charge in [0.25, 0.3) is 5.89 Å². The zero-order valence-electron chi connectivity index (χ0n) is 14.1. The summed E-state index contributed by atoms with van der Waals surface area (Å²) < 4.78 is 10.4. The largest absolute Gasteiger partial charge is 0.507 e. The van der Waals surface area contributed by atoms with E-state index < -0.39 is 0 Å². The first-order chi connectivity index (χ1) is 12.0. The lowest BCUT2D eigenvalue weighted by Crippen LogP contribution is -1.85. The van der Waals surface area contributed by atoms with Crippen LogP contribution in [0.1, 0.15) is 22.6 Å². The van der Waals surface area contributed by atoms with Crippen molar-refractivity contribution in [2.45, 2.75) is 13.8 Å². The van der Waals surface area contributed by atoms with Crippen molar-refractivity contribution >= 4 is 22.7 Å². The SMILES string of the molecule is COc1ccc(-c2noc(/C(Cl)=C/c3cc(C)c(O)c(C)c3)n2)cc1. The minimum absolute atomic E-state index is 0.232. The number of hydrogen-bond acceptors (Lipinski definition) is 5. The molecule has 0 unspecified atom stereocenters. The van der Waals surface area contributed by atoms with Crippen LogP contribution in [-0.2, 0) is 0 Å². The number of aromatic hydroxyl groups is 1. The highest BCUT2D eigenvalue weighted by Crippen LogP contribution is 2.28. The van der Waals surface area contributed by atoms with Gasteiger partial charge >= 0.3 is 0 Å². The summed E-state index contributed by atoms with van der Waals surface area (Å²) in [6.07, 6.45) is 1.73. The molecule has 6 heteroatoms. The van der Waals surface area contributed by atoms with Gasteiger partial charge in [-0.3, -0.25) is 0 Å². The average molecular weight is 357 g/mol. The van der Waals surface area contributed by atoms with Crippen LogP contribution >= 0.6 is 11.6 Å². The summed E-state index contributed by atoms with van der Waals surface area (Å²) in [7, 11) is 1.61. The molecule has 128 valence electrons. The Kier molecular flexibility index (Phi) is 4.76. The van der Waals surface area contributed by atoms with E-state index >= 15 is 0 Å². The van der Waals surface area contributed by atoms with E-state index in [9.17, 15) is 5.11 Å². The summed E-state index contributed by atoms with van der Waals surface area (Å²) in [5, 5.41) is 14.1. The standard InChI is InChI=1S/C19H17ClN2O3/c1-11-8-13(9-12(2)17(11)23)10-16(20)19-21-18(22-25-19)14-4-6-15(24-3)7-5-14/h4-10,23H,1-3H3/b16-10-. The topological polar surface area (TPSA) is 68.4 Å². The first-order valence-corrected chi connectivity index (χ1v) is 8.01. The number of aromatic nitrogens is 2. The smallest absolute Gasteiger partial charge is 0.269 e. The molecule has 0 aliphatic carbocycles. The summed E-state index contributed by atoms with van der Waals surface area (Å²) >= 11 is 6.32. The van der Waals surface area contributed by atoms with Crippen molar-refractivity contribution in [3.63, 3.8) is 0 Å².